The first-order valence-corrected chi connectivity index (χ1v) is 12.3. The molecule has 10 heteroatoms. The number of carbonyl (C=O) groups is 1. The van der Waals surface area contributed by atoms with Gasteiger partial charge in [0.05, 0.1) is 11.0 Å². The van der Waals surface area contributed by atoms with Crippen molar-refractivity contribution in [3.05, 3.63) is 112 Å². The van der Waals surface area contributed by atoms with Gasteiger partial charge in [0.1, 0.15) is 5.82 Å². The Morgan fingerprint density at radius 1 is 1.03 bits per heavy atom. The summed E-state index contributed by atoms with van der Waals surface area (Å²) in [6.45, 7) is 1.78. The van der Waals surface area contributed by atoms with E-state index in [1.165, 1.54) is 36.0 Å². The molecule has 1 N–H and O–H groups in total. The predicted molar refractivity (Wildman–Crippen MR) is 135 cm³/mol. The lowest BCUT2D eigenvalue weighted by atomic mass is 10.0. The number of thioether (sulfide) groups is 1. The second-order valence-electron chi connectivity index (χ2n) is 8.03. The van der Waals surface area contributed by atoms with E-state index in [-0.39, 0.29) is 17.4 Å². The third-order valence-corrected chi connectivity index (χ3v) is 6.51. The van der Waals surface area contributed by atoms with Crippen LogP contribution < -0.4 is 5.32 Å². The Labute approximate surface area is 211 Å². The summed E-state index contributed by atoms with van der Waals surface area (Å²) < 4.78 is 15.1. The average molecular weight is 506 g/mol. The molecule has 1 aromatic heterocycles. The van der Waals surface area contributed by atoms with Gasteiger partial charge in [-0.1, -0.05) is 61.2 Å². The van der Waals surface area contributed by atoms with Crippen LogP contribution in [-0.2, 0) is 17.0 Å². The van der Waals surface area contributed by atoms with Crippen LogP contribution in [-0.4, -0.2) is 25.6 Å². The van der Waals surface area contributed by atoms with Crippen molar-refractivity contribution in [1.29, 1.82) is 0 Å². The molecule has 1 heterocycles. The second-order valence-corrected chi connectivity index (χ2v) is 8.97. The maximum Gasteiger partial charge on any atom is 0.269 e. The summed E-state index contributed by atoms with van der Waals surface area (Å²) >= 11 is 1.40. The van der Waals surface area contributed by atoms with Crippen LogP contribution in [0.5, 0.6) is 0 Å². The maximum absolute atomic E-state index is 13.3. The van der Waals surface area contributed by atoms with Crippen molar-refractivity contribution in [2.45, 2.75) is 36.7 Å². The summed E-state index contributed by atoms with van der Waals surface area (Å²) in [5.74, 6) is 0.581. The number of benzene rings is 3. The van der Waals surface area contributed by atoms with Gasteiger partial charge in [-0.3, -0.25) is 19.5 Å². The smallest absolute Gasteiger partial charge is 0.269 e. The van der Waals surface area contributed by atoms with Crippen LogP contribution in [0.1, 0.15) is 36.3 Å². The fraction of sp³-hybridized carbons (Fsp3) is 0.192. The Hall–Kier alpha value is -4.05. The molecule has 0 aliphatic rings. The first-order chi connectivity index (χ1) is 17.4. The first kappa shape index (κ1) is 25.1. The zero-order valence-electron chi connectivity index (χ0n) is 19.5. The van der Waals surface area contributed by atoms with E-state index in [1.807, 2.05) is 34.9 Å². The van der Waals surface area contributed by atoms with Crippen LogP contribution in [0.15, 0.2) is 84.0 Å². The second kappa shape index (κ2) is 11.6. The number of amides is 1. The number of hydrogen-bond donors (Lipinski definition) is 1. The third kappa shape index (κ3) is 6.14. The number of nitrogens with one attached hydrogen (secondary N) is 1. The minimum Gasteiger partial charge on any atom is -0.346 e. The van der Waals surface area contributed by atoms with E-state index in [2.05, 4.69) is 15.5 Å². The molecule has 8 nitrogen and oxygen atoms in total. The molecule has 0 saturated carbocycles. The van der Waals surface area contributed by atoms with Crippen LogP contribution in [0.2, 0.25) is 0 Å². The van der Waals surface area contributed by atoms with E-state index >= 15 is 0 Å². The van der Waals surface area contributed by atoms with E-state index in [0.29, 0.717) is 35.3 Å². The molecule has 4 aromatic rings. The highest BCUT2D eigenvalue weighted by atomic mass is 32.2. The molecule has 0 fully saturated rings. The fourth-order valence-corrected chi connectivity index (χ4v) is 4.56. The summed E-state index contributed by atoms with van der Waals surface area (Å²) in [5.41, 5.74) is 2.51. The van der Waals surface area contributed by atoms with Gasteiger partial charge in [-0.2, -0.15) is 0 Å². The number of hydrogen-bond acceptors (Lipinski definition) is 6. The summed E-state index contributed by atoms with van der Waals surface area (Å²) in [5, 5.41) is 23.6. The lowest BCUT2D eigenvalue weighted by Gasteiger charge is -2.20. The SMILES string of the molecule is CCC(=O)NC(Cc1ccccc1)c1nnc(SCc2ccc(F)cc2)n1-c1ccc([N+](=O)[O-])cc1. The lowest BCUT2D eigenvalue weighted by molar-refractivity contribution is -0.384. The summed E-state index contributed by atoms with van der Waals surface area (Å²) in [6, 6.07) is 21.6. The Morgan fingerprint density at radius 2 is 1.72 bits per heavy atom. The van der Waals surface area contributed by atoms with Crippen LogP contribution in [0, 0.1) is 15.9 Å². The van der Waals surface area contributed by atoms with Crippen LogP contribution in [0.25, 0.3) is 5.69 Å². The fourth-order valence-electron chi connectivity index (χ4n) is 3.65. The predicted octanol–water partition coefficient (Wildman–Crippen LogP) is 5.42. The van der Waals surface area contributed by atoms with Crippen molar-refractivity contribution in [3.8, 4) is 5.69 Å². The number of aromatic nitrogens is 3. The van der Waals surface area contributed by atoms with Crippen molar-refractivity contribution in [2.24, 2.45) is 0 Å². The number of non-ortho nitro benzene ring substituents is 1. The molecule has 4 rings (SSSR count). The minimum atomic E-state index is -0.484. The number of rotatable bonds is 10. The van der Waals surface area contributed by atoms with E-state index in [9.17, 15) is 19.3 Å². The van der Waals surface area contributed by atoms with E-state index in [1.54, 1.807) is 31.2 Å². The molecule has 3 aromatic carbocycles. The van der Waals surface area contributed by atoms with Gasteiger partial charge < -0.3 is 5.32 Å². The molecule has 184 valence electrons. The van der Waals surface area contributed by atoms with Gasteiger partial charge in [0.15, 0.2) is 11.0 Å². The molecule has 1 atom stereocenters. The quantitative estimate of drug-likeness (QED) is 0.175. The van der Waals surface area contributed by atoms with Gasteiger partial charge in [0.2, 0.25) is 5.91 Å². The molecule has 1 unspecified atom stereocenters. The molecule has 1 amide bonds. The molecule has 0 saturated heterocycles. The van der Waals surface area contributed by atoms with Gasteiger partial charge in [-0.25, -0.2) is 4.39 Å². The minimum absolute atomic E-state index is 0.0333. The number of nitro benzene ring substituents is 1. The molecule has 0 spiro atoms. The van der Waals surface area contributed by atoms with Gasteiger partial charge in [-0.05, 0) is 41.8 Å². The molecule has 0 aliphatic carbocycles. The Balaban J connectivity index is 1.74. The molecular formula is C26H24FN5O3S. The molecule has 0 bridgehead atoms. The average Bonchev–Trinajstić information content (AvgIpc) is 3.32. The van der Waals surface area contributed by atoms with Crippen molar-refractivity contribution < 1.29 is 14.1 Å². The zero-order valence-corrected chi connectivity index (χ0v) is 20.3. The van der Waals surface area contributed by atoms with E-state index in [0.717, 1.165) is 11.1 Å². The maximum atomic E-state index is 13.3. The number of carbonyl (C=O) groups excluding carboxylic acids is 1. The summed E-state index contributed by atoms with van der Waals surface area (Å²) in [6.07, 6.45) is 0.795. The summed E-state index contributed by atoms with van der Waals surface area (Å²) in [7, 11) is 0. The van der Waals surface area contributed by atoms with Gasteiger partial charge >= 0.3 is 0 Å². The Kier molecular flexibility index (Phi) is 8.06. The Bertz CT molecular complexity index is 1330. The van der Waals surface area contributed by atoms with Gasteiger partial charge in [-0.15, -0.1) is 10.2 Å². The van der Waals surface area contributed by atoms with Crippen molar-refractivity contribution in [1.82, 2.24) is 20.1 Å². The first-order valence-electron chi connectivity index (χ1n) is 11.3. The number of halogens is 1. The third-order valence-electron chi connectivity index (χ3n) is 5.51. The highest BCUT2D eigenvalue weighted by Gasteiger charge is 2.25. The van der Waals surface area contributed by atoms with E-state index < -0.39 is 11.0 Å². The van der Waals surface area contributed by atoms with Crippen LogP contribution in [0.4, 0.5) is 10.1 Å². The highest BCUT2D eigenvalue weighted by molar-refractivity contribution is 7.98. The van der Waals surface area contributed by atoms with Gasteiger partial charge in [0.25, 0.3) is 5.69 Å². The highest BCUT2D eigenvalue weighted by Crippen LogP contribution is 2.30. The lowest BCUT2D eigenvalue weighted by Crippen LogP contribution is -2.31. The Morgan fingerprint density at radius 3 is 2.36 bits per heavy atom. The monoisotopic (exact) mass is 505 g/mol. The molecule has 0 aliphatic heterocycles. The van der Waals surface area contributed by atoms with Crippen molar-refractivity contribution >= 4 is 23.4 Å². The number of nitro groups is 1. The molecule has 36 heavy (non-hydrogen) atoms. The molecular weight excluding hydrogens is 481 g/mol. The van der Waals surface area contributed by atoms with Crippen LogP contribution in [0.3, 0.4) is 0 Å². The standard InChI is InChI=1S/C26H24FN5O3S/c1-2-24(33)28-23(16-18-6-4-3-5-7-18)25-29-30-26(36-17-19-8-10-20(27)11-9-19)31(25)21-12-14-22(15-13-21)32(34)35/h3-15,23H,2,16-17H2,1H3,(H,28,33). The largest absolute Gasteiger partial charge is 0.346 e. The zero-order chi connectivity index (χ0) is 25.5. The molecule has 0 radical (unpaired) electrons. The topological polar surface area (TPSA) is 103 Å². The normalized spacial score (nSPS) is 11.7. The van der Waals surface area contributed by atoms with Crippen molar-refractivity contribution in [2.75, 3.05) is 0 Å². The number of nitrogens with zero attached hydrogens (tertiary/aromatic N) is 4. The summed E-state index contributed by atoms with van der Waals surface area (Å²) in [4.78, 5) is 23.1. The van der Waals surface area contributed by atoms with Crippen molar-refractivity contribution in [3.63, 3.8) is 0 Å². The van der Waals surface area contributed by atoms with Gasteiger partial charge in [0, 0.05) is 30.0 Å². The van der Waals surface area contributed by atoms with Crippen LogP contribution >= 0.6 is 11.8 Å². The van der Waals surface area contributed by atoms with E-state index in [4.69, 9.17) is 0 Å².